The van der Waals surface area contributed by atoms with E-state index in [9.17, 15) is 0 Å². The Morgan fingerprint density at radius 2 is 2.25 bits per heavy atom. The number of nitrogens with one attached hydrogen (secondary N) is 1. The van der Waals surface area contributed by atoms with Gasteiger partial charge in [0.25, 0.3) is 0 Å². The van der Waals surface area contributed by atoms with Crippen LogP contribution in [0.5, 0.6) is 5.75 Å². The number of fused-ring (bicyclic) bond motifs is 1. The van der Waals surface area contributed by atoms with E-state index in [1.807, 2.05) is 18.2 Å². The summed E-state index contributed by atoms with van der Waals surface area (Å²) in [5, 5.41) is 4.26. The summed E-state index contributed by atoms with van der Waals surface area (Å²) in [6, 6.07) is 8.18. The van der Waals surface area contributed by atoms with Crippen LogP contribution >= 0.6 is 11.5 Å². The van der Waals surface area contributed by atoms with Crippen molar-refractivity contribution in [1.29, 1.82) is 0 Å². The van der Waals surface area contributed by atoms with Gasteiger partial charge in [-0.05, 0) is 18.4 Å². The first-order valence-corrected chi connectivity index (χ1v) is 7.80. The molecule has 20 heavy (non-hydrogen) atoms. The fraction of sp³-hybridized carbons (Fsp3) is 0.467. The van der Waals surface area contributed by atoms with Gasteiger partial charge in [-0.15, -0.1) is 0 Å². The van der Waals surface area contributed by atoms with Crippen LogP contribution in [0.2, 0.25) is 0 Å². The Morgan fingerprint density at radius 1 is 1.40 bits per heavy atom. The van der Waals surface area contributed by atoms with Gasteiger partial charge in [0.1, 0.15) is 5.75 Å². The van der Waals surface area contributed by atoms with Gasteiger partial charge in [0.05, 0.1) is 12.5 Å². The first-order valence-electron chi connectivity index (χ1n) is 7.03. The van der Waals surface area contributed by atoms with Crippen molar-refractivity contribution in [2.45, 2.75) is 26.2 Å². The van der Waals surface area contributed by atoms with Crippen molar-refractivity contribution in [3.05, 3.63) is 35.7 Å². The zero-order valence-corrected chi connectivity index (χ0v) is 12.6. The van der Waals surface area contributed by atoms with Crippen LogP contribution < -0.4 is 10.1 Å². The van der Waals surface area contributed by atoms with Crippen LogP contribution in [-0.2, 0) is 0 Å². The molecule has 0 saturated heterocycles. The SMILES string of the molecule is CC(C)CNc1nc(C2CCOc3ccccc32)ns1. The van der Waals surface area contributed by atoms with Crippen molar-refractivity contribution >= 4 is 16.7 Å². The summed E-state index contributed by atoms with van der Waals surface area (Å²) in [6.45, 7) is 6.03. The molecule has 0 bridgehead atoms. The molecule has 0 aliphatic carbocycles. The van der Waals surface area contributed by atoms with Crippen LogP contribution in [0.15, 0.2) is 24.3 Å². The monoisotopic (exact) mass is 289 g/mol. The maximum Gasteiger partial charge on any atom is 0.202 e. The fourth-order valence-corrected chi connectivity index (χ4v) is 2.98. The third-order valence-corrected chi connectivity index (χ3v) is 4.06. The van der Waals surface area contributed by atoms with Gasteiger partial charge in [-0.25, -0.2) is 4.98 Å². The lowest BCUT2D eigenvalue weighted by atomic mass is 9.93. The number of hydrogen-bond acceptors (Lipinski definition) is 5. The summed E-state index contributed by atoms with van der Waals surface area (Å²) in [5.41, 5.74) is 1.20. The van der Waals surface area contributed by atoms with Crippen LogP contribution in [0.3, 0.4) is 0 Å². The van der Waals surface area contributed by atoms with E-state index in [1.165, 1.54) is 17.1 Å². The summed E-state index contributed by atoms with van der Waals surface area (Å²) in [7, 11) is 0. The highest BCUT2D eigenvalue weighted by molar-refractivity contribution is 7.09. The Bertz CT molecular complexity index is 582. The number of nitrogens with zero attached hydrogens (tertiary/aromatic N) is 2. The fourth-order valence-electron chi connectivity index (χ4n) is 2.35. The number of anilines is 1. The lowest BCUT2D eigenvalue weighted by Gasteiger charge is -2.23. The van der Waals surface area contributed by atoms with Crippen LogP contribution in [0.4, 0.5) is 5.13 Å². The van der Waals surface area contributed by atoms with E-state index in [0.29, 0.717) is 5.92 Å². The summed E-state index contributed by atoms with van der Waals surface area (Å²) < 4.78 is 10.2. The molecule has 0 fully saturated rings. The first kappa shape index (κ1) is 13.4. The van der Waals surface area contributed by atoms with Crippen molar-refractivity contribution in [2.75, 3.05) is 18.5 Å². The Balaban J connectivity index is 1.80. The average Bonchev–Trinajstić information content (AvgIpc) is 2.93. The Hall–Kier alpha value is -1.62. The van der Waals surface area contributed by atoms with E-state index in [-0.39, 0.29) is 5.92 Å². The van der Waals surface area contributed by atoms with E-state index in [0.717, 1.165) is 36.3 Å². The predicted molar refractivity (Wildman–Crippen MR) is 81.6 cm³/mol. The number of benzene rings is 1. The van der Waals surface area contributed by atoms with Gasteiger partial charge in [0, 0.05) is 23.6 Å². The maximum atomic E-state index is 5.69. The normalized spacial score (nSPS) is 17.6. The maximum absolute atomic E-state index is 5.69. The molecule has 0 saturated carbocycles. The summed E-state index contributed by atoms with van der Waals surface area (Å²) in [5.74, 6) is 2.74. The van der Waals surface area contributed by atoms with E-state index >= 15 is 0 Å². The van der Waals surface area contributed by atoms with E-state index in [4.69, 9.17) is 4.74 Å². The van der Waals surface area contributed by atoms with Crippen molar-refractivity contribution in [2.24, 2.45) is 5.92 Å². The first-order chi connectivity index (χ1) is 9.74. The van der Waals surface area contributed by atoms with Gasteiger partial charge in [-0.2, -0.15) is 4.37 Å². The van der Waals surface area contributed by atoms with Crippen molar-refractivity contribution in [3.8, 4) is 5.75 Å². The minimum Gasteiger partial charge on any atom is -0.493 e. The van der Waals surface area contributed by atoms with Crippen LogP contribution in [0, 0.1) is 5.92 Å². The predicted octanol–water partition coefficient (Wildman–Crippen LogP) is 3.52. The zero-order chi connectivity index (χ0) is 13.9. The third-order valence-electron chi connectivity index (χ3n) is 3.37. The molecule has 0 amide bonds. The molecular formula is C15H19N3OS. The Labute approximate surface area is 123 Å². The molecular weight excluding hydrogens is 270 g/mol. The standard InChI is InChI=1S/C15H19N3OS/c1-10(2)9-16-15-17-14(18-20-15)12-7-8-19-13-6-4-3-5-11(12)13/h3-6,10,12H,7-9H2,1-2H3,(H,16,17,18). The van der Waals surface area contributed by atoms with Gasteiger partial charge in [0.15, 0.2) is 5.82 Å². The molecule has 1 unspecified atom stereocenters. The highest BCUT2D eigenvalue weighted by atomic mass is 32.1. The smallest absolute Gasteiger partial charge is 0.202 e. The quantitative estimate of drug-likeness (QED) is 0.935. The number of aromatic nitrogens is 2. The average molecular weight is 289 g/mol. The summed E-state index contributed by atoms with van der Waals surface area (Å²) >= 11 is 1.45. The minimum absolute atomic E-state index is 0.255. The van der Waals surface area contributed by atoms with Gasteiger partial charge < -0.3 is 10.1 Å². The molecule has 1 N–H and O–H groups in total. The molecule has 4 nitrogen and oxygen atoms in total. The molecule has 1 atom stereocenters. The highest BCUT2D eigenvalue weighted by Gasteiger charge is 2.26. The van der Waals surface area contributed by atoms with E-state index in [1.54, 1.807) is 0 Å². The van der Waals surface area contributed by atoms with Gasteiger partial charge >= 0.3 is 0 Å². The van der Waals surface area contributed by atoms with Crippen molar-refractivity contribution in [1.82, 2.24) is 9.36 Å². The lowest BCUT2D eigenvalue weighted by molar-refractivity contribution is 0.275. The number of para-hydroxylation sites is 1. The second kappa shape index (κ2) is 5.79. The Morgan fingerprint density at radius 3 is 3.10 bits per heavy atom. The Kier molecular flexibility index (Phi) is 3.87. The lowest BCUT2D eigenvalue weighted by Crippen LogP contribution is -2.16. The van der Waals surface area contributed by atoms with Crippen molar-refractivity contribution < 1.29 is 4.74 Å². The zero-order valence-electron chi connectivity index (χ0n) is 11.8. The second-order valence-electron chi connectivity index (χ2n) is 5.46. The van der Waals surface area contributed by atoms with E-state index < -0.39 is 0 Å². The molecule has 3 rings (SSSR count). The number of rotatable bonds is 4. The van der Waals surface area contributed by atoms with Gasteiger partial charge in [0.2, 0.25) is 5.13 Å². The third kappa shape index (κ3) is 2.77. The molecule has 0 radical (unpaired) electrons. The summed E-state index contributed by atoms with van der Waals surface area (Å²) in [6.07, 6.45) is 0.942. The highest BCUT2D eigenvalue weighted by Crippen LogP contribution is 2.37. The molecule has 2 aromatic rings. The molecule has 2 heterocycles. The molecule has 1 aliphatic heterocycles. The van der Waals surface area contributed by atoms with E-state index in [2.05, 4.69) is 34.6 Å². The number of hydrogen-bond donors (Lipinski definition) is 1. The second-order valence-corrected chi connectivity index (χ2v) is 6.21. The molecule has 0 spiro atoms. The molecule has 1 aromatic heterocycles. The van der Waals surface area contributed by atoms with Crippen LogP contribution in [-0.4, -0.2) is 22.5 Å². The molecule has 1 aromatic carbocycles. The summed E-state index contributed by atoms with van der Waals surface area (Å²) in [4.78, 5) is 4.65. The van der Waals surface area contributed by atoms with Crippen LogP contribution in [0.1, 0.15) is 37.6 Å². The van der Waals surface area contributed by atoms with Crippen molar-refractivity contribution in [3.63, 3.8) is 0 Å². The molecule has 106 valence electrons. The topological polar surface area (TPSA) is 47.0 Å². The molecule has 1 aliphatic rings. The minimum atomic E-state index is 0.255. The largest absolute Gasteiger partial charge is 0.493 e. The van der Waals surface area contributed by atoms with Crippen LogP contribution in [0.25, 0.3) is 0 Å². The molecule has 5 heteroatoms. The van der Waals surface area contributed by atoms with Gasteiger partial charge in [-0.3, -0.25) is 0 Å². The van der Waals surface area contributed by atoms with Gasteiger partial charge in [-0.1, -0.05) is 32.0 Å². The number of ether oxygens (including phenoxy) is 1.